The predicted octanol–water partition coefficient (Wildman–Crippen LogP) is 5.34. The molecule has 1 N–H and O–H groups in total. The number of esters is 2. The van der Waals surface area contributed by atoms with Crippen molar-refractivity contribution in [3.05, 3.63) is 75.4 Å². The Morgan fingerprint density at radius 2 is 1.36 bits per heavy atom. The van der Waals surface area contributed by atoms with Gasteiger partial charge in [0.1, 0.15) is 17.2 Å². The van der Waals surface area contributed by atoms with Crippen LogP contribution in [0.5, 0.6) is 17.2 Å². The molecule has 0 unspecified atom stereocenters. The largest absolute Gasteiger partial charge is 0.508 e. The van der Waals surface area contributed by atoms with Crippen molar-refractivity contribution in [3.8, 4) is 17.2 Å². The fourth-order valence-corrected chi connectivity index (χ4v) is 4.57. The van der Waals surface area contributed by atoms with Crippen molar-refractivity contribution in [1.82, 2.24) is 0 Å². The van der Waals surface area contributed by atoms with Crippen LogP contribution in [0, 0.1) is 19.8 Å². The number of carbonyl (C=O) groups is 2. The number of phenolic OH excluding ortho intramolecular Hbond substituents is 1. The minimum atomic E-state index is -0.457. The van der Waals surface area contributed by atoms with E-state index in [4.69, 9.17) is 14.2 Å². The standard InChI is InChI=1S/C27H30O6/c1-15-11-16(2)24(27(30)32-6)22(23(15)26(29)31-5)14-19-12-17(3)25(18(4)13-19)33-21-9-7-20(28)8-10-21/h7-10,12-13,22,28H,11,14H2,1-6H3. The van der Waals surface area contributed by atoms with E-state index in [1.807, 2.05) is 39.8 Å². The number of benzene rings is 2. The highest BCUT2D eigenvalue weighted by atomic mass is 16.5. The van der Waals surface area contributed by atoms with Gasteiger partial charge >= 0.3 is 11.9 Å². The lowest BCUT2D eigenvalue weighted by molar-refractivity contribution is -0.137. The van der Waals surface area contributed by atoms with Gasteiger partial charge in [-0.3, -0.25) is 0 Å². The molecule has 0 aromatic heterocycles. The molecule has 0 bridgehead atoms. The second-order valence-corrected chi connectivity index (χ2v) is 8.46. The number of methoxy groups -OCH3 is 2. The summed E-state index contributed by atoms with van der Waals surface area (Å²) < 4.78 is 16.2. The average Bonchev–Trinajstić information content (AvgIpc) is 2.76. The summed E-state index contributed by atoms with van der Waals surface area (Å²) >= 11 is 0. The van der Waals surface area contributed by atoms with Gasteiger partial charge in [-0.25, -0.2) is 9.59 Å². The van der Waals surface area contributed by atoms with Crippen LogP contribution in [0.2, 0.25) is 0 Å². The van der Waals surface area contributed by atoms with E-state index in [0.717, 1.165) is 33.6 Å². The molecule has 1 aliphatic rings. The molecule has 0 radical (unpaired) electrons. The lowest BCUT2D eigenvalue weighted by atomic mass is 9.75. The Bertz CT molecular complexity index is 1080. The molecule has 2 aromatic rings. The third kappa shape index (κ3) is 5.11. The van der Waals surface area contributed by atoms with Gasteiger partial charge in [0.2, 0.25) is 0 Å². The molecule has 0 fully saturated rings. The Kier molecular flexibility index (Phi) is 7.26. The first-order valence-corrected chi connectivity index (χ1v) is 10.8. The topological polar surface area (TPSA) is 82.1 Å². The molecule has 6 nitrogen and oxygen atoms in total. The number of phenols is 1. The lowest BCUT2D eigenvalue weighted by Gasteiger charge is -2.29. The van der Waals surface area contributed by atoms with Gasteiger partial charge in [0.25, 0.3) is 0 Å². The SMILES string of the molecule is COC(=O)C1=C(C)CC(C)=C(C(=O)OC)C1Cc1cc(C)c(Oc2ccc(O)cc2)c(C)c1. The van der Waals surface area contributed by atoms with Crippen LogP contribution in [0.3, 0.4) is 0 Å². The number of carbonyl (C=O) groups excluding carboxylic acids is 2. The molecule has 0 heterocycles. The molecule has 6 heteroatoms. The van der Waals surface area contributed by atoms with Gasteiger partial charge < -0.3 is 19.3 Å². The molecule has 174 valence electrons. The Hall–Kier alpha value is -3.54. The summed E-state index contributed by atoms with van der Waals surface area (Å²) in [5, 5.41) is 9.49. The maximum Gasteiger partial charge on any atom is 0.334 e. The molecule has 0 aliphatic heterocycles. The molecule has 1 aliphatic carbocycles. The first-order valence-electron chi connectivity index (χ1n) is 10.8. The zero-order valence-corrected chi connectivity index (χ0v) is 19.9. The molecule has 0 atom stereocenters. The number of hydrogen-bond acceptors (Lipinski definition) is 6. The zero-order chi connectivity index (χ0) is 24.3. The predicted molar refractivity (Wildman–Crippen MR) is 125 cm³/mol. The summed E-state index contributed by atoms with van der Waals surface area (Å²) in [4.78, 5) is 25.3. The minimum Gasteiger partial charge on any atom is -0.508 e. The Morgan fingerprint density at radius 3 is 1.82 bits per heavy atom. The lowest BCUT2D eigenvalue weighted by Crippen LogP contribution is -2.28. The van der Waals surface area contributed by atoms with Gasteiger partial charge in [0, 0.05) is 17.1 Å². The molecule has 3 rings (SSSR count). The van der Waals surface area contributed by atoms with Gasteiger partial charge in [-0.15, -0.1) is 0 Å². The van der Waals surface area contributed by atoms with Crippen molar-refractivity contribution < 1.29 is 28.9 Å². The van der Waals surface area contributed by atoms with E-state index in [1.54, 1.807) is 24.3 Å². The molecule has 2 aromatic carbocycles. The van der Waals surface area contributed by atoms with Crippen LogP contribution in [0.1, 0.15) is 37.0 Å². The molecule has 0 saturated heterocycles. The van der Waals surface area contributed by atoms with Crippen LogP contribution in [-0.4, -0.2) is 31.3 Å². The summed E-state index contributed by atoms with van der Waals surface area (Å²) in [5.41, 5.74) is 5.66. The van der Waals surface area contributed by atoms with Crippen molar-refractivity contribution in [3.63, 3.8) is 0 Å². The number of aromatic hydroxyl groups is 1. The zero-order valence-electron chi connectivity index (χ0n) is 19.9. The third-order valence-electron chi connectivity index (χ3n) is 5.97. The highest BCUT2D eigenvalue weighted by Crippen LogP contribution is 2.39. The molecule has 0 saturated carbocycles. The number of allylic oxidation sites excluding steroid dienone is 2. The fraction of sp³-hybridized carbons (Fsp3) is 0.333. The van der Waals surface area contributed by atoms with Crippen molar-refractivity contribution >= 4 is 11.9 Å². The van der Waals surface area contributed by atoms with Crippen LogP contribution in [0.25, 0.3) is 0 Å². The fourth-order valence-electron chi connectivity index (χ4n) is 4.57. The molecule has 33 heavy (non-hydrogen) atoms. The number of rotatable bonds is 6. The Labute approximate surface area is 194 Å². The normalized spacial score (nSPS) is 14.4. The smallest absolute Gasteiger partial charge is 0.334 e. The second-order valence-electron chi connectivity index (χ2n) is 8.46. The van der Waals surface area contributed by atoms with Crippen LogP contribution in [-0.2, 0) is 25.5 Å². The van der Waals surface area contributed by atoms with Crippen LogP contribution >= 0.6 is 0 Å². The Morgan fingerprint density at radius 1 is 0.879 bits per heavy atom. The van der Waals surface area contributed by atoms with Gasteiger partial charge in [-0.05, 0) is 81.5 Å². The van der Waals surface area contributed by atoms with Gasteiger partial charge in [-0.1, -0.05) is 23.3 Å². The molecule has 0 amide bonds. The minimum absolute atomic E-state index is 0.174. The first kappa shape index (κ1) is 24.1. The van der Waals surface area contributed by atoms with Crippen molar-refractivity contribution in [2.75, 3.05) is 14.2 Å². The quantitative estimate of drug-likeness (QED) is 0.598. The second kappa shape index (κ2) is 9.94. The summed E-state index contributed by atoms with van der Waals surface area (Å²) in [6.45, 7) is 7.72. The van der Waals surface area contributed by atoms with Gasteiger partial charge in [0.15, 0.2) is 0 Å². The van der Waals surface area contributed by atoms with E-state index in [1.165, 1.54) is 14.2 Å². The highest BCUT2D eigenvalue weighted by molar-refractivity contribution is 5.98. The summed E-state index contributed by atoms with van der Waals surface area (Å²) in [6.07, 6.45) is 0.980. The summed E-state index contributed by atoms with van der Waals surface area (Å²) in [6, 6.07) is 10.6. The van der Waals surface area contributed by atoms with E-state index < -0.39 is 17.9 Å². The number of hydrogen-bond donors (Lipinski definition) is 1. The van der Waals surface area contributed by atoms with E-state index in [2.05, 4.69) is 0 Å². The van der Waals surface area contributed by atoms with E-state index in [0.29, 0.717) is 29.7 Å². The Balaban J connectivity index is 1.99. The van der Waals surface area contributed by atoms with E-state index >= 15 is 0 Å². The third-order valence-corrected chi connectivity index (χ3v) is 5.97. The maximum atomic E-state index is 12.7. The molecular formula is C27H30O6. The molecule has 0 spiro atoms. The molecular weight excluding hydrogens is 420 g/mol. The van der Waals surface area contributed by atoms with Gasteiger partial charge in [0.05, 0.1) is 14.2 Å². The van der Waals surface area contributed by atoms with E-state index in [-0.39, 0.29) is 5.75 Å². The summed E-state index contributed by atoms with van der Waals surface area (Å²) in [7, 11) is 2.71. The van der Waals surface area contributed by atoms with Crippen molar-refractivity contribution in [2.45, 2.75) is 40.5 Å². The van der Waals surface area contributed by atoms with Crippen molar-refractivity contribution in [1.29, 1.82) is 0 Å². The van der Waals surface area contributed by atoms with Gasteiger partial charge in [-0.2, -0.15) is 0 Å². The van der Waals surface area contributed by atoms with Crippen LogP contribution in [0.4, 0.5) is 0 Å². The highest BCUT2D eigenvalue weighted by Gasteiger charge is 2.36. The summed E-state index contributed by atoms with van der Waals surface area (Å²) in [5.74, 6) is 0.221. The first-order chi connectivity index (χ1) is 15.7. The maximum absolute atomic E-state index is 12.7. The monoisotopic (exact) mass is 450 g/mol. The van der Waals surface area contributed by atoms with Crippen LogP contribution in [0.15, 0.2) is 58.7 Å². The number of aryl methyl sites for hydroxylation is 2. The average molecular weight is 451 g/mol. The number of ether oxygens (including phenoxy) is 3. The van der Waals surface area contributed by atoms with E-state index in [9.17, 15) is 14.7 Å². The van der Waals surface area contributed by atoms with Crippen molar-refractivity contribution in [2.24, 2.45) is 5.92 Å². The van der Waals surface area contributed by atoms with Crippen LogP contribution < -0.4 is 4.74 Å².